The maximum Gasteiger partial charge on any atom is 0.320 e. The quantitative estimate of drug-likeness (QED) is 0.153. The molecule has 1 aliphatic heterocycles. The molecule has 0 spiro atoms. The molecule has 2 amide bonds. The zero-order chi connectivity index (χ0) is 24.9. The number of methoxy groups -OCH3 is 1. The SMILES string of the molecule is COc1ccc2c(c1[N+](=O)[O-])c1c3c(c4c5ccccc5[nH]c4c1n2C1C=C[C@@H](O)C1)C(=O)NC3=O. The summed E-state index contributed by atoms with van der Waals surface area (Å²) in [5.74, 6) is -1.11. The van der Waals surface area contributed by atoms with Crippen LogP contribution in [0.1, 0.15) is 33.2 Å². The molecule has 0 saturated carbocycles. The van der Waals surface area contributed by atoms with Crippen LogP contribution in [0, 0.1) is 10.1 Å². The summed E-state index contributed by atoms with van der Waals surface area (Å²) >= 11 is 0. The van der Waals surface area contributed by atoms with Crippen LogP contribution in [-0.4, -0.2) is 44.6 Å². The zero-order valence-electron chi connectivity index (χ0n) is 18.9. The monoisotopic (exact) mass is 482 g/mol. The smallest absolute Gasteiger partial charge is 0.320 e. The number of hydrogen-bond acceptors (Lipinski definition) is 6. The average molecular weight is 482 g/mol. The Bertz CT molecular complexity index is 1880. The Morgan fingerprint density at radius 2 is 1.81 bits per heavy atom. The summed E-state index contributed by atoms with van der Waals surface area (Å²) in [7, 11) is 1.35. The first-order chi connectivity index (χ1) is 17.4. The Hall–Kier alpha value is -4.70. The summed E-state index contributed by atoms with van der Waals surface area (Å²) in [6.07, 6.45) is 3.23. The largest absolute Gasteiger partial charge is 0.490 e. The fraction of sp³-hybridized carbons (Fsp3) is 0.154. The number of amides is 2. The number of imide groups is 1. The summed E-state index contributed by atoms with van der Waals surface area (Å²) in [5, 5.41) is 26.9. The van der Waals surface area contributed by atoms with Crippen LogP contribution in [0.4, 0.5) is 5.69 Å². The molecule has 2 atom stereocenters. The van der Waals surface area contributed by atoms with Gasteiger partial charge in [-0.05, 0) is 18.2 Å². The molecule has 1 unspecified atom stereocenters. The minimum absolute atomic E-state index is 0.0452. The maximum absolute atomic E-state index is 13.2. The maximum atomic E-state index is 13.2. The molecule has 3 heterocycles. The van der Waals surface area contributed by atoms with Crippen LogP contribution in [0.25, 0.3) is 43.6 Å². The van der Waals surface area contributed by atoms with Crippen molar-refractivity contribution in [2.45, 2.75) is 18.6 Å². The zero-order valence-corrected chi connectivity index (χ0v) is 18.9. The summed E-state index contributed by atoms with van der Waals surface area (Å²) in [6.45, 7) is 0. The van der Waals surface area contributed by atoms with Gasteiger partial charge >= 0.3 is 5.69 Å². The molecule has 1 aliphatic carbocycles. The van der Waals surface area contributed by atoms with Crippen LogP contribution in [0.15, 0.2) is 48.6 Å². The number of para-hydroxylation sites is 1. The topological polar surface area (TPSA) is 139 Å². The van der Waals surface area contributed by atoms with E-state index in [1.54, 1.807) is 12.1 Å². The van der Waals surface area contributed by atoms with Crippen molar-refractivity contribution in [3.8, 4) is 5.75 Å². The first-order valence-corrected chi connectivity index (χ1v) is 11.4. The normalized spacial score (nSPS) is 19.2. The van der Waals surface area contributed by atoms with Gasteiger partial charge in [0.15, 0.2) is 5.75 Å². The van der Waals surface area contributed by atoms with Gasteiger partial charge in [-0.1, -0.05) is 30.4 Å². The van der Waals surface area contributed by atoms with Crippen LogP contribution >= 0.6 is 0 Å². The van der Waals surface area contributed by atoms with Gasteiger partial charge in [-0.15, -0.1) is 0 Å². The summed E-state index contributed by atoms with van der Waals surface area (Å²) < 4.78 is 7.25. The molecule has 7 rings (SSSR count). The summed E-state index contributed by atoms with van der Waals surface area (Å²) in [4.78, 5) is 41.6. The molecule has 3 aromatic carbocycles. The van der Waals surface area contributed by atoms with Gasteiger partial charge in [0.1, 0.15) is 0 Å². The number of rotatable bonds is 3. The molecule has 2 aromatic heterocycles. The van der Waals surface area contributed by atoms with Crippen LogP contribution < -0.4 is 10.1 Å². The Morgan fingerprint density at radius 3 is 2.50 bits per heavy atom. The number of aliphatic hydroxyl groups excluding tert-OH is 1. The van der Waals surface area contributed by atoms with E-state index < -0.39 is 22.8 Å². The summed E-state index contributed by atoms with van der Waals surface area (Å²) in [5.41, 5.74) is 2.43. The van der Waals surface area contributed by atoms with E-state index in [0.717, 1.165) is 10.9 Å². The molecule has 36 heavy (non-hydrogen) atoms. The van der Waals surface area contributed by atoms with Crippen LogP contribution in [0.5, 0.6) is 5.75 Å². The second-order valence-corrected chi connectivity index (χ2v) is 9.07. The van der Waals surface area contributed by atoms with Crippen molar-refractivity contribution >= 4 is 61.1 Å². The lowest BCUT2D eigenvalue weighted by molar-refractivity contribution is -0.383. The Morgan fingerprint density at radius 1 is 1.06 bits per heavy atom. The average Bonchev–Trinajstić information content (AvgIpc) is 3.60. The number of ether oxygens (including phenoxy) is 1. The van der Waals surface area contributed by atoms with Gasteiger partial charge in [-0.3, -0.25) is 25.0 Å². The van der Waals surface area contributed by atoms with E-state index in [1.165, 1.54) is 13.2 Å². The van der Waals surface area contributed by atoms with Gasteiger partial charge in [0, 0.05) is 28.1 Å². The van der Waals surface area contributed by atoms with Crippen molar-refractivity contribution in [2.75, 3.05) is 7.11 Å². The van der Waals surface area contributed by atoms with Crippen molar-refractivity contribution in [1.82, 2.24) is 14.9 Å². The third-order valence-electron chi connectivity index (χ3n) is 7.25. The molecule has 0 radical (unpaired) electrons. The number of nitrogens with one attached hydrogen (secondary N) is 2. The third-order valence-corrected chi connectivity index (χ3v) is 7.25. The molecular weight excluding hydrogens is 464 g/mol. The first kappa shape index (κ1) is 20.7. The van der Waals surface area contributed by atoms with Crippen molar-refractivity contribution in [3.63, 3.8) is 0 Å². The minimum Gasteiger partial charge on any atom is -0.490 e. The molecule has 0 fully saturated rings. The molecule has 3 N–H and O–H groups in total. The van der Waals surface area contributed by atoms with Crippen molar-refractivity contribution in [1.29, 1.82) is 0 Å². The number of aromatic amines is 1. The number of carbonyl (C=O) groups excluding carboxylic acids is 2. The molecule has 10 nitrogen and oxygen atoms in total. The number of nitro groups is 1. The van der Waals surface area contributed by atoms with Crippen LogP contribution in [0.2, 0.25) is 0 Å². The van der Waals surface area contributed by atoms with Crippen LogP contribution in [-0.2, 0) is 0 Å². The fourth-order valence-electron chi connectivity index (χ4n) is 5.91. The first-order valence-electron chi connectivity index (χ1n) is 11.4. The highest BCUT2D eigenvalue weighted by molar-refractivity contribution is 6.40. The van der Waals surface area contributed by atoms with Gasteiger partial charge in [0.25, 0.3) is 11.8 Å². The Labute approximate surface area is 201 Å². The number of H-pyrrole nitrogens is 1. The van der Waals surface area contributed by atoms with Crippen LogP contribution in [0.3, 0.4) is 0 Å². The highest BCUT2D eigenvalue weighted by atomic mass is 16.6. The molecule has 10 heteroatoms. The summed E-state index contributed by atoms with van der Waals surface area (Å²) in [6, 6.07) is 10.4. The predicted molar refractivity (Wildman–Crippen MR) is 133 cm³/mol. The van der Waals surface area contributed by atoms with Crippen molar-refractivity contribution in [3.05, 3.63) is 69.8 Å². The number of aliphatic hydroxyl groups is 1. The number of fused-ring (bicyclic) bond motifs is 10. The highest BCUT2D eigenvalue weighted by Crippen LogP contribution is 2.49. The molecule has 0 saturated heterocycles. The third kappa shape index (κ3) is 2.43. The predicted octanol–water partition coefficient (Wildman–Crippen LogP) is 4.09. The van der Waals surface area contributed by atoms with Crippen molar-refractivity contribution in [2.24, 2.45) is 0 Å². The number of allylic oxidation sites excluding steroid dienone is 1. The van der Waals surface area contributed by atoms with E-state index in [-0.39, 0.29) is 34.0 Å². The van der Waals surface area contributed by atoms with E-state index in [9.17, 15) is 24.8 Å². The van der Waals surface area contributed by atoms with E-state index in [4.69, 9.17) is 4.74 Å². The Balaban J connectivity index is 1.84. The van der Waals surface area contributed by atoms with Gasteiger partial charge in [-0.2, -0.15) is 0 Å². The lowest BCUT2D eigenvalue weighted by atomic mass is 9.96. The molecule has 178 valence electrons. The number of hydrogen-bond donors (Lipinski definition) is 3. The number of nitrogens with zero attached hydrogens (tertiary/aromatic N) is 2. The van der Waals surface area contributed by atoms with Gasteiger partial charge in [0.2, 0.25) is 0 Å². The van der Waals surface area contributed by atoms with Gasteiger partial charge in [0.05, 0.1) is 57.2 Å². The molecule has 2 aliphatic rings. The second-order valence-electron chi connectivity index (χ2n) is 9.07. The number of aromatic nitrogens is 2. The lowest BCUT2D eigenvalue weighted by Crippen LogP contribution is -2.20. The molecule has 5 aromatic rings. The van der Waals surface area contributed by atoms with E-state index in [0.29, 0.717) is 33.7 Å². The van der Waals surface area contributed by atoms with E-state index >= 15 is 0 Å². The lowest BCUT2D eigenvalue weighted by Gasteiger charge is -2.16. The Kier molecular flexibility index (Phi) is 3.97. The number of carbonyl (C=O) groups is 2. The minimum atomic E-state index is -0.673. The van der Waals surface area contributed by atoms with Gasteiger partial charge in [-0.25, -0.2) is 0 Å². The molecular formula is C26H18N4O6. The molecule has 0 bridgehead atoms. The van der Waals surface area contributed by atoms with E-state index in [2.05, 4.69) is 10.3 Å². The standard InChI is InChI=1S/C26H18N4O6/c1-36-16-9-8-15-18(23(16)30(34)35)19-21-20(25(32)28-26(21)33)17-13-4-2-3-5-14(13)27-22(17)24(19)29(15)11-6-7-12(31)10-11/h2-9,11-12,27,31H,10H2,1H3,(H,28,32,33)/t11?,12-/m1/s1. The van der Waals surface area contributed by atoms with E-state index in [1.807, 2.05) is 34.9 Å². The number of nitro benzene ring substituents is 1. The van der Waals surface area contributed by atoms with Gasteiger partial charge < -0.3 is 19.4 Å². The van der Waals surface area contributed by atoms with Crippen molar-refractivity contribution < 1.29 is 24.4 Å². The second kappa shape index (κ2) is 6.92. The fourth-order valence-corrected chi connectivity index (χ4v) is 5.91. The number of benzene rings is 3. The highest BCUT2D eigenvalue weighted by Gasteiger charge is 2.39.